The minimum Gasteiger partial charge on any atom is -0.504 e. The number of phenols is 1. The molecular weight excluding hydrogens is 286 g/mol. The molecule has 1 aromatic carbocycles. The van der Waals surface area contributed by atoms with Crippen molar-refractivity contribution in [2.45, 2.75) is 13.0 Å². The molecule has 2 N–H and O–H groups in total. The van der Waals surface area contributed by atoms with Gasteiger partial charge in [-0.3, -0.25) is 4.79 Å². The lowest BCUT2D eigenvalue weighted by atomic mass is 10.2. The Morgan fingerprint density at radius 3 is 2.60 bits per heavy atom. The maximum atomic E-state index is 11.8. The molecule has 0 radical (unpaired) electrons. The summed E-state index contributed by atoms with van der Waals surface area (Å²) < 4.78 is 29.7. The van der Waals surface area contributed by atoms with E-state index in [2.05, 4.69) is 0 Å². The molecule has 0 bridgehead atoms. The summed E-state index contributed by atoms with van der Waals surface area (Å²) >= 11 is 0. The molecule has 0 spiro atoms. The van der Waals surface area contributed by atoms with E-state index in [1.807, 2.05) is 0 Å². The van der Waals surface area contributed by atoms with Crippen LogP contribution in [-0.4, -0.2) is 48.8 Å². The number of carboxylic acid groups (broad SMARTS) is 1. The van der Waals surface area contributed by atoms with Gasteiger partial charge in [-0.1, -0.05) is 6.07 Å². The summed E-state index contributed by atoms with van der Waals surface area (Å²) in [4.78, 5) is 10.4. The lowest BCUT2D eigenvalue weighted by Gasteiger charge is -2.17. The quantitative estimate of drug-likeness (QED) is 0.766. The van der Waals surface area contributed by atoms with Crippen molar-refractivity contribution < 1.29 is 28.2 Å². The second-order valence-electron chi connectivity index (χ2n) is 4.22. The first-order valence-electron chi connectivity index (χ1n) is 5.78. The van der Waals surface area contributed by atoms with E-state index in [0.29, 0.717) is 5.56 Å². The average molecular weight is 303 g/mol. The molecule has 0 aliphatic rings. The van der Waals surface area contributed by atoms with Gasteiger partial charge in [-0.15, -0.1) is 0 Å². The number of rotatable bonds is 7. The van der Waals surface area contributed by atoms with Gasteiger partial charge in [-0.2, -0.15) is 0 Å². The minimum absolute atomic E-state index is 0.0346. The second-order valence-corrected chi connectivity index (χ2v) is 6.42. The summed E-state index contributed by atoms with van der Waals surface area (Å²) in [6.45, 7) is 0.0680. The Balaban J connectivity index is 2.79. The number of aromatic hydroxyl groups is 1. The van der Waals surface area contributed by atoms with E-state index in [1.165, 1.54) is 26.3 Å². The van der Waals surface area contributed by atoms with E-state index in [9.17, 15) is 18.3 Å². The molecule has 0 atom stereocenters. The van der Waals surface area contributed by atoms with E-state index in [1.54, 1.807) is 6.07 Å². The molecular formula is C12H17NO6S. The van der Waals surface area contributed by atoms with Crippen molar-refractivity contribution >= 4 is 16.0 Å². The third-order valence-electron chi connectivity index (χ3n) is 2.70. The molecule has 0 heterocycles. The van der Waals surface area contributed by atoms with Crippen LogP contribution in [-0.2, 0) is 21.4 Å². The Morgan fingerprint density at radius 2 is 2.05 bits per heavy atom. The number of hydrogen-bond acceptors (Lipinski definition) is 5. The standard InChI is InChI=1S/C12H17NO6S/c1-13(20(17,18)6-5-12(15)16)8-9-3-4-10(14)11(7-9)19-2/h3-4,7,14H,5-6,8H2,1-2H3,(H,15,16). The predicted octanol–water partition coefficient (Wildman–Crippen LogP) is 0.637. The highest BCUT2D eigenvalue weighted by atomic mass is 32.2. The first kappa shape index (κ1) is 16.3. The Kier molecular flexibility index (Phi) is 5.34. The van der Waals surface area contributed by atoms with E-state index in [4.69, 9.17) is 9.84 Å². The highest BCUT2D eigenvalue weighted by Crippen LogP contribution is 2.26. The smallest absolute Gasteiger partial charge is 0.304 e. The number of ether oxygens (including phenoxy) is 1. The van der Waals surface area contributed by atoms with Crippen molar-refractivity contribution in [1.29, 1.82) is 0 Å². The highest BCUT2D eigenvalue weighted by molar-refractivity contribution is 7.89. The Bertz CT molecular complexity index is 584. The van der Waals surface area contributed by atoms with E-state index in [-0.39, 0.29) is 18.0 Å². The van der Waals surface area contributed by atoms with Crippen molar-refractivity contribution in [2.24, 2.45) is 0 Å². The van der Waals surface area contributed by atoms with Crippen LogP contribution in [0.4, 0.5) is 0 Å². The maximum absolute atomic E-state index is 11.8. The molecule has 0 amide bonds. The van der Waals surface area contributed by atoms with Gasteiger partial charge < -0.3 is 14.9 Å². The van der Waals surface area contributed by atoms with Gasteiger partial charge in [0.2, 0.25) is 10.0 Å². The Hall–Kier alpha value is -1.80. The van der Waals surface area contributed by atoms with Crippen LogP contribution in [0.15, 0.2) is 18.2 Å². The van der Waals surface area contributed by atoms with E-state index in [0.717, 1.165) is 4.31 Å². The van der Waals surface area contributed by atoms with Crippen molar-refractivity contribution in [1.82, 2.24) is 4.31 Å². The normalized spacial score (nSPS) is 11.6. The summed E-state index contributed by atoms with van der Waals surface area (Å²) in [6.07, 6.45) is -0.439. The Morgan fingerprint density at radius 1 is 1.40 bits per heavy atom. The van der Waals surface area contributed by atoms with Gasteiger partial charge in [0.15, 0.2) is 11.5 Å². The van der Waals surface area contributed by atoms with Gasteiger partial charge in [0, 0.05) is 13.6 Å². The molecule has 7 nitrogen and oxygen atoms in total. The molecule has 0 aliphatic carbocycles. The average Bonchev–Trinajstić information content (AvgIpc) is 2.38. The van der Waals surface area contributed by atoms with Gasteiger partial charge in [0.05, 0.1) is 19.3 Å². The fourth-order valence-electron chi connectivity index (χ4n) is 1.55. The van der Waals surface area contributed by atoms with Gasteiger partial charge in [0.1, 0.15) is 0 Å². The predicted molar refractivity (Wildman–Crippen MR) is 72.2 cm³/mol. The van der Waals surface area contributed by atoms with Gasteiger partial charge in [0.25, 0.3) is 0 Å². The molecule has 1 rings (SSSR count). The Labute approximate surface area is 117 Å². The van der Waals surface area contributed by atoms with Crippen LogP contribution >= 0.6 is 0 Å². The number of carbonyl (C=O) groups is 1. The second kappa shape index (κ2) is 6.58. The number of carboxylic acids is 1. The fraction of sp³-hybridized carbons (Fsp3) is 0.417. The minimum atomic E-state index is -3.63. The SMILES string of the molecule is COc1cc(CN(C)S(=O)(=O)CCC(=O)O)ccc1O. The zero-order valence-corrected chi connectivity index (χ0v) is 12.1. The molecule has 112 valence electrons. The van der Waals surface area contributed by atoms with Gasteiger partial charge in [-0.05, 0) is 17.7 Å². The number of benzene rings is 1. The maximum Gasteiger partial charge on any atom is 0.304 e. The third kappa shape index (κ3) is 4.39. The zero-order chi connectivity index (χ0) is 15.3. The number of aliphatic carboxylic acids is 1. The van der Waals surface area contributed by atoms with Crippen molar-refractivity contribution in [3.63, 3.8) is 0 Å². The first-order valence-corrected chi connectivity index (χ1v) is 7.39. The summed E-state index contributed by atoms with van der Waals surface area (Å²) in [5.74, 6) is -1.40. The number of sulfonamides is 1. The van der Waals surface area contributed by atoms with Crippen LogP contribution in [0.1, 0.15) is 12.0 Å². The van der Waals surface area contributed by atoms with Gasteiger partial charge >= 0.3 is 5.97 Å². The van der Waals surface area contributed by atoms with Crippen LogP contribution in [0.25, 0.3) is 0 Å². The monoisotopic (exact) mass is 303 g/mol. The van der Waals surface area contributed by atoms with Crippen LogP contribution in [0.5, 0.6) is 11.5 Å². The van der Waals surface area contributed by atoms with E-state index >= 15 is 0 Å². The third-order valence-corrected chi connectivity index (χ3v) is 4.50. The molecule has 0 saturated heterocycles. The number of phenolic OH excluding ortho intramolecular Hbond substituents is 1. The van der Waals surface area contributed by atoms with Crippen molar-refractivity contribution in [3.8, 4) is 11.5 Å². The number of methoxy groups -OCH3 is 1. The molecule has 0 fully saturated rings. The lowest BCUT2D eigenvalue weighted by Crippen LogP contribution is -2.29. The molecule has 0 aromatic heterocycles. The molecule has 20 heavy (non-hydrogen) atoms. The topological polar surface area (TPSA) is 104 Å². The van der Waals surface area contributed by atoms with Gasteiger partial charge in [-0.25, -0.2) is 12.7 Å². The molecule has 1 aromatic rings. The summed E-state index contributed by atoms with van der Waals surface area (Å²) in [7, 11) is -0.868. The highest BCUT2D eigenvalue weighted by Gasteiger charge is 2.19. The summed E-state index contributed by atoms with van der Waals surface area (Å²) in [5, 5.41) is 18.0. The number of hydrogen-bond donors (Lipinski definition) is 2. The molecule has 0 aliphatic heterocycles. The van der Waals surface area contributed by atoms with Crippen LogP contribution in [0, 0.1) is 0 Å². The largest absolute Gasteiger partial charge is 0.504 e. The molecule has 0 unspecified atom stereocenters. The van der Waals surface area contributed by atoms with Crippen LogP contribution in [0.3, 0.4) is 0 Å². The lowest BCUT2D eigenvalue weighted by molar-refractivity contribution is -0.136. The fourth-order valence-corrected chi connectivity index (χ4v) is 2.64. The molecule has 8 heteroatoms. The van der Waals surface area contributed by atoms with E-state index < -0.39 is 28.2 Å². The molecule has 0 saturated carbocycles. The first-order chi connectivity index (χ1) is 9.26. The summed E-state index contributed by atoms with van der Waals surface area (Å²) in [5.41, 5.74) is 0.626. The van der Waals surface area contributed by atoms with Crippen molar-refractivity contribution in [3.05, 3.63) is 23.8 Å². The zero-order valence-electron chi connectivity index (χ0n) is 11.2. The number of nitrogens with zero attached hydrogens (tertiary/aromatic N) is 1. The summed E-state index contributed by atoms with van der Waals surface area (Å²) in [6, 6.07) is 4.51. The van der Waals surface area contributed by atoms with Crippen LogP contribution < -0.4 is 4.74 Å². The van der Waals surface area contributed by atoms with Crippen molar-refractivity contribution in [2.75, 3.05) is 19.9 Å². The van der Waals surface area contributed by atoms with Crippen LogP contribution in [0.2, 0.25) is 0 Å².